The minimum Gasteiger partial charge on any atom is -0.457 e. The van der Waals surface area contributed by atoms with Crippen LogP contribution in [0.1, 0.15) is 0 Å². The molecule has 35 heavy (non-hydrogen) atoms. The van der Waals surface area contributed by atoms with Crippen LogP contribution < -0.4 is 4.74 Å². The molecule has 0 radical (unpaired) electrons. The van der Waals surface area contributed by atoms with Gasteiger partial charge in [0.1, 0.15) is 17.3 Å². The number of fused-ring (bicyclic) bond motifs is 2. The van der Waals surface area contributed by atoms with Crippen LogP contribution in [0.3, 0.4) is 0 Å². The van der Waals surface area contributed by atoms with E-state index < -0.39 is 4.92 Å². The van der Waals surface area contributed by atoms with Gasteiger partial charge in [0.2, 0.25) is 0 Å². The first-order chi connectivity index (χ1) is 17.2. The lowest BCUT2D eigenvalue weighted by atomic mass is 10.2. The molecule has 0 saturated carbocycles. The first-order valence-electron chi connectivity index (χ1n) is 10.9. The molecule has 8 heteroatoms. The number of hydrogen-bond donors (Lipinski definition) is 0. The van der Waals surface area contributed by atoms with Crippen molar-refractivity contribution in [3.8, 4) is 28.6 Å². The van der Waals surface area contributed by atoms with Gasteiger partial charge in [0, 0.05) is 23.4 Å². The summed E-state index contributed by atoms with van der Waals surface area (Å²) in [7, 11) is 0. The number of ether oxygens (including phenoxy) is 1. The summed E-state index contributed by atoms with van der Waals surface area (Å²) in [5.74, 6) is 2.02. The number of rotatable bonds is 5. The third kappa shape index (κ3) is 3.83. The summed E-state index contributed by atoms with van der Waals surface area (Å²) in [6.07, 6.45) is 0. The van der Waals surface area contributed by atoms with Crippen molar-refractivity contribution in [1.82, 2.24) is 19.5 Å². The number of nitro groups is 1. The number of nitrogens with zero attached hydrogens (tertiary/aromatic N) is 5. The molecule has 0 aliphatic rings. The van der Waals surface area contributed by atoms with Crippen LogP contribution in [-0.4, -0.2) is 24.4 Å². The highest BCUT2D eigenvalue weighted by molar-refractivity contribution is 5.86. The number of non-ortho nitro benzene ring substituents is 1. The number of nitro benzene ring substituents is 1. The summed E-state index contributed by atoms with van der Waals surface area (Å²) in [6.45, 7) is 0. The van der Waals surface area contributed by atoms with Gasteiger partial charge in [-0.2, -0.15) is 0 Å². The van der Waals surface area contributed by atoms with E-state index in [1.165, 1.54) is 12.1 Å². The highest BCUT2D eigenvalue weighted by Crippen LogP contribution is 2.31. The Balaban J connectivity index is 1.50. The quantitative estimate of drug-likeness (QED) is 0.221. The minimum absolute atomic E-state index is 0.0146. The molecule has 0 unspecified atom stereocenters. The van der Waals surface area contributed by atoms with E-state index >= 15 is 0 Å². The van der Waals surface area contributed by atoms with Gasteiger partial charge in [-0.1, -0.05) is 30.3 Å². The Bertz CT molecular complexity index is 1680. The normalized spacial score (nSPS) is 11.1. The average Bonchev–Trinajstić information content (AvgIpc) is 3.26. The Morgan fingerprint density at radius 2 is 1.31 bits per heavy atom. The Morgan fingerprint density at radius 3 is 2.00 bits per heavy atom. The molecule has 0 N–H and O–H groups in total. The molecule has 0 atom stereocenters. The van der Waals surface area contributed by atoms with Gasteiger partial charge >= 0.3 is 0 Å². The standard InChI is InChI=1S/C27H17N5O3/c33-32(34)20-12-10-18(11-13-20)26-30-25-27(29-24-9-5-4-8-23(24)28-25)31(26)19-14-16-22(17-15-19)35-21-6-2-1-3-7-21/h1-17H. The van der Waals surface area contributed by atoms with Crippen LogP contribution >= 0.6 is 0 Å². The maximum atomic E-state index is 11.1. The summed E-state index contributed by atoms with van der Waals surface area (Å²) in [5.41, 5.74) is 4.11. The monoisotopic (exact) mass is 459 g/mol. The van der Waals surface area contributed by atoms with Crippen LogP contribution in [0.25, 0.3) is 39.4 Å². The first-order valence-corrected chi connectivity index (χ1v) is 10.9. The van der Waals surface area contributed by atoms with Crippen molar-refractivity contribution in [3.63, 3.8) is 0 Å². The number of imidazole rings is 1. The zero-order chi connectivity index (χ0) is 23.8. The topological polar surface area (TPSA) is 96.0 Å². The van der Waals surface area contributed by atoms with Crippen molar-refractivity contribution >= 4 is 28.0 Å². The van der Waals surface area contributed by atoms with Gasteiger partial charge in [0.15, 0.2) is 11.3 Å². The lowest BCUT2D eigenvalue weighted by Gasteiger charge is -2.11. The smallest absolute Gasteiger partial charge is 0.269 e. The molecular formula is C27H17N5O3. The minimum atomic E-state index is -0.423. The second kappa shape index (κ2) is 8.35. The molecule has 0 bridgehead atoms. The molecule has 0 fully saturated rings. The van der Waals surface area contributed by atoms with Gasteiger partial charge in [-0.15, -0.1) is 0 Å². The molecule has 168 valence electrons. The van der Waals surface area contributed by atoms with Crippen molar-refractivity contribution in [2.45, 2.75) is 0 Å². The van der Waals surface area contributed by atoms with E-state index in [1.807, 2.05) is 83.4 Å². The maximum absolute atomic E-state index is 11.1. The summed E-state index contributed by atoms with van der Waals surface area (Å²) < 4.78 is 7.83. The van der Waals surface area contributed by atoms with E-state index in [1.54, 1.807) is 12.1 Å². The van der Waals surface area contributed by atoms with E-state index in [0.717, 1.165) is 22.5 Å². The molecule has 0 aliphatic heterocycles. The number of para-hydroxylation sites is 3. The highest BCUT2D eigenvalue weighted by atomic mass is 16.6. The van der Waals surface area contributed by atoms with Crippen molar-refractivity contribution in [3.05, 3.63) is 113 Å². The molecule has 0 amide bonds. The SMILES string of the molecule is O=[N+]([O-])c1ccc(-c2nc3nc4ccccc4nc3n2-c2ccc(Oc3ccccc3)cc2)cc1. The largest absolute Gasteiger partial charge is 0.457 e. The van der Waals surface area contributed by atoms with Crippen LogP contribution in [0.2, 0.25) is 0 Å². The second-order valence-electron chi connectivity index (χ2n) is 7.84. The predicted octanol–water partition coefficient (Wildman–Crippen LogP) is 6.34. The fourth-order valence-corrected chi connectivity index (χ4v) is 3.92. The average molecular weight is 459 g/mol. The number of aromatic nitrogens is 4. The fourth-order valence-electron chi connectivity index (χ4n) is 3.92. The van der Waals surface area contributed by atoms with Gasteiger partial charge in [-0.05, 0) is 60.7 Å². The van der Waals surface area contributed by atoms with Crippen molar-refractivity contribution in [2.24, 2.45) is 0 Å². The van der Waals surface area contributed by atoms with Gasteiger partial charge in [-0.3, -0.25) is 14.7 Å². The zero-order valence-corrected chi connectivity index (χ0v) is 18.3. The Morgan fingerprint density at radius 1 is 0.686 bits per heavy atom. The van der Waals surface area contributed by atoms with Crippen LogP contribution in [0.4, 0.5) is 5.69 Å². The Kier molecular flexibility index (Phi) is 4.89. The Hall–Kier alpha value is -5.11. The molecule has 0 saturated heterocycles. The zero-order valence-electron chi connectivity index (χ0n) is 18.3. The summed E-state index contributed by atoms with van der Waals surface area (Å²) >= 11 is 0. The van der Waals surface area contributed by atoms with Crippen LogP contribution in [0.15, 0.2) is 103 Å². The summed E-state index contributed by atoms with van der Waals surface area (Å²) in [6, 6.07) is 31.1. The molecule has 2 heterocycles. The van der Waals surface area contributed by atoms with Crippen LogP contribution in [0.5, 0.6) is 11.5 Å². The van der Waals surface area contributed by atoms with Gasteiger partial charge in [0.05, 0.1) is 16.0 Å². The van der Waals surface area contributed by atoms with Crippen molar-refractivity contribution in [1.29, 1.82) is 0 Å². The molecule has 4 aromatic carbocycles. The van der Waals surface area contributed by atoms with E-state index in [2.05, 4.69) is 0 Å². The van der Waals surface area contributed by atoms with E-state index in [0.29, 0.717) is 28.4 Å². The molecule has 0 aliphatic carbocycles. The van der Waals surface area contributed by atoms with Crippen molar-refractivity contribution in [2.75, 3.05) is 0 Å². The van der Waals surface area contributed by atoms with Gasteiger partial charge < -0.3 is 4.74 Å². The number of hydrogen-bond acceptors (Lipinski definition) is 6. The van der Waals surface area contributed by atoms with Crippen molar-refractivity contribution < 1.29 is 9.66 Å². The van der Waals surface area contributed by atoms with E-state index in [9.17, 15) is 10.1 Å². The molecular weight excluding hydrogens is 442 g/mol. The summed E-state index contributed by atoms with van der Waals surface area (Å²) in [5, 5.41) is 11.1. The van der Waals surface area contributed by atoms with Crippen LogP contribution in [0, 0.1) is 10.1 Å². The molecule has 0 spiro atoms. The predicted molar refractivity (Wildman–Crippen MR) is 133 cm³/mol. The fraction of sp³-hybridized carbons (Fsp3) is 0. The van der Waals surface area contributed by atoms with E-state index in [4.69, 9.17) is 19.7 Å². The highest BCUT2D eigenvalue weighted by Gasteiger charge is 2.18. The summed E-state index contributed by atoms with van der Waals surface area (Å²) in [4.78, 5) is 25.0. The maximum Gasteiger partial charge on any atom is 0.269 e. The third-order valence-corrected chi connectivity index (χ3v) is 5.58. The van der Waals surface area contributed by atoms with E-state index in [-0.39, 0.29) is 5.69 Å². The third-order valence-electron chi connectivity index (χ3n) is 5.58. The Labute approximate surface area is 199 Å². The molecule has 2 aromatic heterocycles. The lowest BCUT2D eigenvalue weighted by molar-refractivity contribution is -0.384. The van der Waals surface area contributed by atoms with Crippen LogP contribution in [-0.2, 0) is 0 Å². The number of benzene rings is 4. The van der Waals surface area contributed by atoms with Gasteiger partial charge in [0.25, 0.3) is 5.69 Å². The lowest BCUT2D eigenvalue weighted by Crippen LogP contribution is -1.99. The molecule has 6 rings (SSSR count). The second-order valence-corrected chi connectivity index (χ2v) is 7.84. The first kappa shape index (κ1) is 20.5. The molecule has 6 aromatic rings. The molecule has 8 nitrogen and oxygen atoms in total. The van der Waals surface area contributed by atoms with Gasteiger partial charge in [-0.25, -0.2) is 15.0 Å².